The lowest BCUT2D eigenvalue weighted by molar-refractivity contribution is 0.0257. The van der Waals surface area contributed by atoms with Crippen molar-refractivity contribution in [3.63, 3.8) is 0 Å². The van der Waals surface area contributed by atoms with Gasteiger partial charge in [-0.2, -0.15) is 0 Å². The minimum Gasteiger partial charge on any atom is -0.444 e. The molecule has 27 heavy (non-hydrogen) atoms. The second kappa shape index (κ2) is 7.93. The Morgan fingerprint density at radius 3 is 2.70 bits per heavy atom. The Bertz CT molecular complexity index is 900. The quantitative estimate of drug-likeness (QED) is 0.690. The van der Waals surface area contributed by atoms with E-state index in [1.54, 1.807) is 27.9 Å². The molecule has 1 saturated heterocycles. The third-order valence-electron chi connectivity index (χ3n) is 4.48. The summed E-state index contributed by atoms with van der Waals surface area (Å²) < 4.78 is 9.04. The Balaban J connectivity index is 1.68. The first-order valence-corrected chi connectivity index (χ1v) is 10.7. The maximum atomic E-state index is 12.4. The van der Waals surface area contributed by atoms with Crippen molar-refractivity contribution in [2.24, 2.45) is 7.05 Å². The van der Waals surface area contributed by atoms with Crippen LogP contribution in [0.3, 0.4) is 0 Å². The molecule has 0 bridgehead atoms. The highest BCUT2D eigenvalue weighted by Crippen LogP contribution is 2.30. The van der Waals surface area contributed by atoms with Crippen molar-refractivity contribution in [3.8, 4) is 0 Å². The molecule has 1 amide bonds. The first-order chi connectivity index (χ1) is 12.6. The van der Waals surface area contributed by atoms with Gasteiger partial charge in [-0.15, -0.1) is 11.3 Å². The molecular formula is C19H26BrN3O3S. The van der Waals surface area contributed by atoms with E-state index in [2.05, 4.69) is 20.8 Å². The van der Waals surface area contributed by atoms with Crippen LogP contribution in [-0.2, 0) is 18.3 Å². The van der Waals surface area contributed by atoms with E-state index in [0.717, 1.165) is 40.6 Å². The molecule has 1 fully saturated rings. The van der Waals surface area contributed by atoms with Crippen LogP contribution in [0.1, 0.15) is 32.1 Å². The molecule has 2 aromatic rings. The number of ether oxygens (including phenoxy) is 1. The van der Waals surface area contributed by atoms with Gasteiger partial charge in [0.2, 0.25) is 0 Å². The van der Waals surface area contributed by atoms with Gasteiger partial charge in [0.25, 0.3) is 5.56 Å². The van der Waals surface area contributed by atoms with Crippen LogP contribution in [0.15, 0.2) is 21.5 Å². The number of fused-ring (bicyclic) bond motifs is 1. The molecule has 0 aromatic carbocycles. The zero-order chi connectivity index (χ0) is 19.8. The van der Waals surface area contributed by atoms with Crippen molar-refractivity contribution in [1.82, 2.24) is 14.4 Å². The first-order valence-electron chi connectivity index (χ1n) is 9.12. The van der Waals surface area contributed by atoms with Crippen molar-refractivity contribution in [1.29, 1.82) is 0 Å². The number of rotatable bonds is 2. The van der Waals surface area contributed by atoms with Gasteiger partial charge in [-0.1, -0.05) is 0 Å². The Labute approximate surface area is 171 Å². The van der Waals surface area contributed by atoms with E-state index in [0.29, 0.717) is 13.1 Å². The number of hydrogen-bond acceptors (Lipinski definition) is 5. The highest BCUT2D eigenvalue weighted by molar-refractivity contribution is 9.10. The fraction of sp³-hybridized carbons (Fsp3) is 0.579. The van der Waals surface area contributed by atoms with E-state index in [1.165, 1.54) is 4.88 Å². The van der Waals surface area contributed by atoms with Crippen molar-refractivity contribution in [2.75, 3.05) is 26.2 Å². The molecule has 3 heterocycles. The van der Waals surface area contributed by atoms with Crippen LogP contribution in [-0.4, -0.2) is 52.2 Å². The molecule has 2 aromatic heterocycles. The summed E-state index contributed by atoms with van der Waals surface area (Å²) in [5.74, 6) is 0. The minimum atomic E-state index is -0.473. The number of hydrogen-bond donors (Lipinski definition) is 0. The third-order valence-corrected chi connectivity index (χ3v) is 6.49. The summed E-state index contributed by atoms with van der Waals surface area (Å²) in [5, 5.41) is 0.761. The lowest BCUT2D eigenvalue weighted by atomic mass is 10.2. The molecule has 1 aliphatic heterocycles. The van der Waals surface area contributed by atoms with Gasteiger partial charge in [0, 0.05) is 50.8 Å². The fourth-order valence-corrected chi connectivity index (χ4v) is 5.05. The molecular weight excluding hydrogens is 430 g/mol. The summed E-state index contributed by atoms with van der Waals surface area (Å²) in [4.78, 5) is 30.0. The molecule has 3 rings (SSSR count). The van der Waals surface area contributed by atoms with Gasteiger partial charge in [0.1, 0.15) is 5.60 Å². The number of aromatic nitrogens is 1. The number of halogens is 1. The molecule has 0 radical (unpaired) electrons. The van der Waals surface area contributed by atoms with E-state index in [1.807, 2.05) is 33.0 Å². The monoisotopic (exact) mass is 455 g/mol. The normalized spacial score (nSPS) is 16.6. The second-order valence-corrected chi connectivity index (χ2v) is 9.94. The largest absolute Gasteiger partial charge is 0.444 e. The molecule has 0 spiro atoms. The predicted octanol–water partition coefficient (Wildman–Crippen LogP) is 3.81. The van der Waals surface area contributed by atoms with Gasteiger partial charge in [-0.05, 0) is 49.2 Å². The van der Waals surface area contributed by atoms with Crippen molar-refractivity contribution >= 4 is 43.4 Å². The van der Waals surface area contributed by atoms with Crippen LogP contribution >= 0.6 is 27.3 Å². The zero-order valence-corrected chi connectivity index (χ0v) is 18.7. The molecule has 148 valence electrons. The second-order valence-electron chi connectivity index (χ2n) is 7.95. The average molecular weight is 456 g/mol. The number of nitrogens with zero attached hydrogens (tertiary/aromatic N) is 3. The fourth-order valence-electron chi connectivity index (χ4n) is 3.19. The van der Waals surface area contributed by atoms with Crippen molar-refractivity contribution in [3.05, 3.63) is 32.0 Å². The van der Waals surface area contributed by atoms with Gasteiger partial charge < -0.3 is 14.2 Å². The highest BCUT2D eigenvalue weighted by atomic mass is 79.9. The number of pyridine rings is 1. The van der Waals surface area contributed by atoms with Crippen LogP contribution in [0, 0.1) is 0 Å². The summed E-state index contributed by atoms with van der Waals surface area (Å²) in [6.07, 6.45) is 2.49. The maximum absolute atomic E-state index is 12.4. The third kappa shape index (κ3) is 4.92. The number of amides is 1. The molecule has 0 N–H and O–H groups in total. The standard InChI is InChI=1S/C19H26BrN3O3S/c1-19(2,3)26-18(25)23-7-5-6-22(8-9-23)11-13-10-14-16(27-13)15(20)12-21(4)17(14)24/h10,12H,5-9,11H2,1-4H3. The smallest absolute Gasteiger partial charge is 0.410 e. The van der Waals surface area contributed by atoms with Gasteiger partial charge in [-0.25, -0.2) is 4.79 Å². The van der Waals surface area contributed by atoms with E-state index in [9.17, 15) is 9.59 Å². The van der Waals surface area contributed by atoms with Crippen LogP contribution in [0.4, 0.5) is 4.79 Å². The van der Waals surface area contributed by atoms with Gasteiger partial charge in [-0.3, -0.25) is 9.69 Å². The van der Waals surface area contributed by atoms with E-state index < -0.39 is 5.60 Å². The first kappa shape index (κ1) is 20.4. The van der Waals surface area contributed by atoms with Crippen LogP contribution in [0.2, 0.25) is 0 Å². The lowest BCUT2D eigenvalue weighted by Crippen LogP contribution is -2.39. The SMILES string of the molecule is Cn1cc(Br)c2sc(CN3CCCN(C(=O)OC(C)(C)C)CC3)cc2c1=O. The Kier molecular flexibility index (Phi) is 5.98. The van der Waals surface area contributed by atoms with Crippen molar-refractivity contribution in [2.45, 2.75) is 39.3 Å². The van der Waals surface area contributed by atoms with Crippen molar-refractivity contribution < 1.29 is 9.53 Å². The van der Waals surface area contributed by atoms with Gasteiger partial charge in [0.05, 0.1) is 14.6 Å². The number of carbonyl (C=O) groups is 1. The summed E-state index contributed by atoms with van der Waals surface area (Å²) in [7, 11) is 1.77. The maximum Gasteiger partial charge on any atom is 0.410 e. The molecule has 0 unspecified atom stereocenters. The predicted molar refractivity (Wildman–Crippen MR) is 112 cm³/mol. The molecule has 1 aliphatic rings. The Morgan fingerprint density at radius 2 is 2.00 bits per heavy atom. The van der Waals surface area contributed by atoms with E-state index >= 15 is 0 Å². The highest BCUT2D eigenvalue weighted by Gasteiger charge is 2.24. The van der Waals surface area contributed by atoms with Gasteiger partial charge >= 0.3 is 6.09 Å². The molecule has 0 saturated carbocycles. The van der Waals surface area contributed by atoms with Gasteiger partial charge in [0.15, 0.2) is 0 Å². The summed E-state index contributed by atoms with van der Waals surface area (Å²) in [5.41, 5.74) is -0.442. The Morgan fingerprint density at radius 1 is 1.26 bits per heavy atom. The Hall–Kier alpha value is -1.38. The summed E-state index contributed by atoms with van der Waals surface area (Å²) in [6, 6.07) is 2.00. The molecule has 0 aliphatic carbocycles. The van der Waals surface area contributed by atoms with Crippen LogP contribution in [0.25, 0.3) is 10.1 Å². The topological polar surface area (TPSA) is 54.8 Å². The number of thiophene rings is 1. The summed E-state index contributed by atoms with van der Waals surface area (Å²) in [6.45, 7) is 9.54. The van der Waals surface area contributed by atoms with Crippen LogP contribution in [0.5, 0.6) is 0 Å². The average Bonchev–Trinajstić information content (AvgIpc) is 2.84. The van der Waals surface area contributed by atoms with E-state index in [-0.39, 0.29) is 11.7 Å². The van der Waals surface area contributed by atoms with Crippen LogP contribution < -0.4 is 5.56 Å². The molecule has 6 nitrogen and oxygen atoms in total. The molecule has 8 heteroatoms. The lowest BCUT2D eigenvalue weighted by Gasteiger charge is -2.26. The number of aryl methyl sites for hydroxylation is 1. The van der Waals surface area contributed by atoms with E-state index in [4.69, 9.17) is 4.74 Å². The summed E-state index contributed by atoms with van der Waals surface area (Å²) >= 11 is 5.21. The minimum absolute atomic E-state index is 0.0302. The zero-order valence-electron chi connectivity index (χ0n) is 16.2. The number of carbonyl (C=O) groups excluding carboxylic acids is 1. The molecule has 0 atom stereocenters.